The van der Waals surface area contributed by atoms with Gasteiger partial charge in [0.25, 0.3) is 0 Å². The summed E-state index contributed by atoms with van der Waals surface area (Å²) in [6.45, 7) is 10.5. The number of nitrogens with one attached hydrogen (secondary N) is 1. The highest BCUT2D eigenvalue weighted by molar-refractivity contribution is 5.85. The van der Waals surface area contributed by atoms with E-state index in [0.29, 0.717) is 11.3 Å². The Morgan fingerprint density at radius 1 is 1.16 bits per heavy atom. The minimum absolute atomic E-state index is 0. The molecule has 2 rings (SSSR count). The molecule has 0 bridgehead atoms. The van der Waals surface area contributed by atoms with Gasteiger partial charge in [0.05, 0.1) is 0 Å². The van der Waals surface area contributed by atoms with Crippen LogP contribution >= 0.6 is 12.4 Å². The summed E-state index contributed by atoms with van der Waals surface area (Å²) in [4.78, 5) is 14.5. The lowest BCUT2D eigenvalue weighted by molar-refractivity contribution is -0.143. The molecular formula is C15H29ClN2O. The first-order valence-corrected chi connectivity index (χ1v) is 7.49. The van der Waals surface area contributed by atoms with Crippen molar-refractivity contribution in [3.8, 4) is 0 Å². The molecule has 4 heteroatoms. The molecule has 2 fully saturated rings. The van der Waals surface area contributed by atoms with E-state index in [0.717, 1.165) is 32.6 Å². The van der Waals surface area contributed by atoms with Gasteiger partial charge in [0.1, 0.15) is 0 Å². The number of nitrogens with zero attached hydrogens (tertiary/aromatic N) is 1. The van der Waals surface area contributed by atoms with Gasteiger partial charge in [0, 0.05) is 18.5 Å². The van der Waals surface area contributed by atoms with Crippen LogP contribution in [0.5, 0.6) is 0 Å². The molecule has 2 aliphatic rings. The molecule has 3 nitrogen and oxygen atoms in total. The zero-order valence-corrected chi connectivity index (χ0v) is 13.4. The summed E-state index contributed by atoms with van der Waals surface area (Å²) in [6, 6.07) is 0. The van der Waals surface area contributed by atoms with Crippen LogP contribution in [0.3, 0.4) is 0 Å². The third-order valence-electron chi connectivity index (χ3n) is 5.24. The average molecular weight is 289 g/mol. The smallest absolute Gasteiger partial charge is 0.228 e. The number of likely N-dealkylation sites (tertiary alicyclic amines) is 1. The van der Waals surface area contributed by atoms with E-state index in [-0.39, 0.29) is 17.8 Å². The van der Waals surface area contributed by atoms with Crippen molar-refractivity contribution < 1.29 is 4.79 Å². The molecule has 0 aromatic rings. The molecule has 112 valence electrons. The van der Waals surface area contributed by atoms with Crippen molar-refractivity contribution in [3.63, 3.8) is 0 Å². The number of carbonyl (C=O) groups is 1. The first-order valence-electron chi connectivity index (χ1n) is 7.49. The van der Waals surface area contributed by atoms with Crippen LogP contribution in [0.25, 0.3) is 0 Å². The monoisotopic (exact) mass is 288 g/mol. The largest absolute Gasteiger partial charge is 0.342 e. The Hall–Kier alpha value is -0.280. The topological polar surface area (TPSA) is 32.3 Å². The molecule has 1 spiro atoms. The Morgan fingerprint density at radius 2 is 1.68 bits per heavy atom. The number of hydrogen-bond donors (Lipinski definition) is 1. The standard InChI is InChI=1S/C15H28N2O.ClH/c1-4-14(2,3)13(18)17-11-7-15(8-12-17)5-9-16-10-6-15;/h16H,4-12H2,1-3H3;1H. The summed E-state index contributed by atoms with van der Waals surface area (Å²) in [7, 11) is 0. The highest BCUT2D eigenvalue weighted by Gasteiger charge is 2.39. The van der Waals surface area contributed by atoms with Crippen molar-refractivity contribution in [2.24, 2.45) is 10.8 Å². The number of carbonyl (C=O) groups excluding carboxylic acids is 1. The van der Waals surface area contributed by atoms with Gasteiger partial charge in [-0.2, -0.15) is 0 Å². The van der Waals surface area contributed by atoms with Crippen LogP contribution in [0.1, 0.15) is 52.9 Å². The van der Waals surface area contributed by atoms with E-state index < -0.39 is 0 Å². The second-order valence-corrected chi connectivity index (χ2v) is 6.78. The Morgan fingerprint density at radius 3 is 2.16 bits per heavy atom. The lowest BCUT2D eigenvalue weighted by Crippen LogP contribution is -2.50. The Labute approximate surface area is 123 Å². The zero-order chi connectivity index (χ0) is 13.2. The van der Waals surface area contributed by atoms with Crippen molar-refractivity contribution in [1.82, 2.24) is 10.2 Å². The summed E-state index contributed by atoms with van der Waals surface area (Å²) in [6.07, 6.45) is 5.94. The maximum absolute atomic E-state index is 12.4. The molecule has 19 heavy (non-hydrogen) atoms. The van der Waals surface area contributed by atoms with Crippen LogP contribution in [0.15, 0.2) is 0 Å². The van der Waals surface area contributed by atoms with Crippen LogP contribution in [-0.4, -0.2) is 37.0 Å². The van der Waals surface area contributed by atoms with Gasteiger partial charge < -0.3 is 10.2 Å². The fourth-order valence-corrected chi connectivity index (χ4v) is 3.22. The predicted octanol–water partition coefficient (Wildman–Crippen LogP) is 2.84. The van der Waals surface area contributed by atoms with Crippen molar-refractivity contribution in [2.75, 3.05) is 26.2 Å². The quantitative estimate of drug-likeness (QED) is 0.847. The van der Waals surface area contributed by atoms with Crippen LogP contribution < -0.4 is 5.32 Å². The highest BCUT2D eigenvalue weighted by atomic mass is 35.5. The van der Waals surface area contributed by atoms with Crippen molar-refractivity contribution in [1.29, 1.82) is 0 Å². The third kappa shape index (κ3) is 3.63. The number of halogens is 1. The fraction of sp³-hybridized carbons (Fsp3) is 0.933. The van der Waals surface area contributed by atoms with Crippen LogP contribution in [0, 0.1) is 10.8 Å². The van der Waals surface area contributed by atoms with E-state index in [1.165, 1.54) is 25.7 Å². The average Bonchev–Trinajstić information content (AvgIpc) is 2.40. The van der Waals surface area contributed by atoms with Crippen molar-refractivity contribution in [2.45, 2.75) is 52.9 Å². The van der Waals surface area contributed by atoms with E-state index in [4.69, 9.17) is 0 Å². The van der Waals surface area contributed by atoms with Crippen molar-refractivity contribution in [3.05, 3.63) is 0 Å². The minimum Gasteiger partial charge on any atom is -0.342 e. The minimum atomic E-state index is -0.182. The molecule has 0 unspecified atom stereocenters. The van der Waals surface area contributed by atoms with Crippen LogP contribution in [0.2, 0.25) is 0 Å². The first kappa shape index (κ1) is 16.8. The predicted molar refractivity (Wildman–Crippen MR) is 81.7 cm³/mol. The Bertz CT molecular complexity index is 301. The van der Waals surface area contributed by atoms with Crippen LogP contribution in [0.4, 0.5) is 0 Å². The molecule has 2 saturated heterocycles. The van der Waals surface area contributed by atoms with Gasteiger partial charge in [0.2, 0.25) is 5.91 Å². The molecular weight excluding hydrogens is 260 g/mol. The lowest BCUT2D eigenvalue weighted by atomic mass is 9.71. The molecule has 2 aliphatic heterocycles. The SMILES string of the molecule is CCC(C)(C)C(=O)N1CCC2(CCNCC2)CC1.Cl. The van der Waals surface area contributed by atoms with Gasteiger partial charge in [-0.05, 0) is 50.6 Å². The van der Waals surface area contributed by atoms with E-state index in [9.17, 15) is 4.79 Å². The molecule has 1 amide bonds. The van der Waals surface area contributed by atoms with E-state index >= 15 is 0 Å². The number of piperidine rings is 2. The van der Waals surface area contributed by atoms with Gasteiger partial charge in [-0.1, -0.05) is 20.8 Å². The maximum Gasteiger partial charge on any atom is 0.228 e. The summed E-state index contributed by atoms with van der Waals surface area (Å²) < 4.78 is 0. The summed E-state index contributed by atoms with van der Waals surface area (Å²) in [5, 5.41) is 3.44. The van der Waals surface area contributed by atoms with E-state index in [2.05, 4.69) is 31.0 Å². The van der Waals surface area contributed by atoms with Crippen LogP contribution in [-0.2, 0) is 4.79 Å². The van der Waals surface area contributed by atoms with Gasteiger partial charge >= 0.3 is 0 Å². The van der Waals surface area contributed by atoms with E-state index in [1.54, 1.807) is 0 Å². The normalized spacial score (nSPS) is 23.0. The number of rotatable bonds is 2. The van der Waals surface area contributed by atoms with Gasteiger partial charge in [-0.15, -0.1) is 12.4 Å². The second-order valence-electron chi connectivity index (χ2n) is 6.78. The molecule has 0 aromatic heterocycles. The Balaban J connectivity index is 0.00000180. The number of hydrogen-bond acceptors (Lipinski definition) is 2. The van der Waals surface area contributed by atoms with Gasteiger partial charge in [-0.25, -0.2) is 0 Å². The molecule has 0 radical (unpaired) electrons. The lowest BCUT2D eigenvalue weighted by Gasteiger charge is -2.45. The first-order chi connectivity index (χ1) is 8.49. The maximum atomic E-state index is 12.4. The molecule has 0 aliphatic carbocycles. The molecule has 0 atom stereocenters. The number of amides is 1. The zero-order valence-electron chi connectivity index (χ0n) is 12.6. The fourth-order valence-electron chi connectivity index (χ4n) is 3.22. The highest BCUT2D eigenvalue weighted by Crippen LogP contribution is 2.40. The molecule has 1 N–H and O–H groups in total. The summed E-state index contributed by atoms with van der Waals surface area (Å²) in [5.41, 5.74) is 0.358. The molecule has 0 aromatic carbocycles. The van der Waals surface area contributed by atoms with Gasteiger partial charge in [0.15, 0.2) is 0 Å². The third-order valence-corrected chi connectivity index (χ3v) is 5.24. The summed E-state index contributed by atoms with van der Waals surface area (Å²) in [5.74, 6) is 0.355. The van der Waals surface area contributed by atoms with Crippen molar-refractivity contribution >= 4 is 18.3 Å². The summed E-state index contributed by atoms with van der Waals surface area (Å²) >= 11 is 0. The molecule has 0 saturated carbocycles. The molecule has 2 heterocycles. The Kier molecular flexibility index (Phi) is 5.69. The van der Waals surface area contributed by atoms with Gasteiger partial charge in [-0.3, -0.25) is 4.79 Å². The second kappa shape index (κ2) is 6.45. The van der Waals surface area contributed by atoms with E-state index in [1.807, 2.05) is 0 Å².